The van der Waals surface area contributed by atoms with Crippen LogP contribution in [0.4, 0.5) is 5.69 Å². The van der Waals surface area contributed by atoms with Gasteiger partial charge in [0, 0.05) is 0 Å². The summed E-state index contributed by atoms with van der Waals surface area (Å²) in [4.78, 5) is 0. The lowest BCUT2D eigenvalue weighted by Crippen LogP contribution is -2.21. The Balaban J connectivity index is 2.47. The van der Waals surface area contributed by atoms with Crippen LogP contribution in [-0.2, 0) is 0 Å². The number of hydrogen-bond donors (Lipinski definition) is 0. The molecule has 1 aliphatic heterocycles. The molecule has 11 heavy (non-hydrogen) atoms. The molecular weight excluding hydrogens is 253 g/mol. The first-order valence-electron chi connectivity index (χ1n) is 3.50. The molecule has 0 aliphatic carbocycles. The van der Waals surface area contributed by atoms with Crippen LogP contribution in [-0.4, -0.2) is 6.23 Å². The zero-order chi connectivity index (χ0) is 7.84. The predicted octanol–water partition coefficient (Wildman–Crippen LogP) is 2.58. The lowest BCUT2D eigenvalue weighted by Gasteiger charge is -2.11. The molecule has 0 radical (unpaired) electrons. The monoisotopic (exact) mass is 261 g/mol. The Bertz CT molecular complexity index is 277. The lowest BCUT2D eigenvalue weighted by molar-refractivity contribution is 0.266. The first kappa shape index (κ1) is 7.21. The number of rotatable bonds is 0. The van der Waals surface area contributed by atoms with Crippen LogP contribution in [0.2, 0.25) is 0 Å². The zero-order valence-corrected chi connectivity index (χ0v) is 8.28. The quantitative estimate of drug-likeness (QED) is 0.525. The molecule has 1 aliphatic rings. The third-order valence-electron chi connectivity index (χ3n) is 1.71. The predicted molar refractivity (Wildman–Crippen MR) is 53.0 cm³/mol. The fraction of sp³-hybridized carbons (Fsp3) is 0.250. The number of benzene rings is 1. The third-order valence-corrected chi connectivity index (χ3v) is 3.02. The minimum absolute atomic E-state index is 0.160. The van der Waals surface area contributed by atoms with Gasteiger partial charge in [0.25, 0.3) is 0 Å². The van der Waals surface area contributed by atoms with Gasteiger partial charge in [0.05, 0.1) is 28.6 Å². The molecule has 0 amide bonds. The van der Waals surface area contributed by atoms with Gasteiger partial charge in [-0.3, -0.25) is 3.11 Å². The van der Waals surface area contributed by atoms with Gasteiger partial charge in [0.1, 0.15) is 5.75 Å². The van der Waals surface area contributed by atoms with Crippen molar-refractivity contribution >= 4 is 28.6 Å². The van der Waals surface area contributed by atoms with Crippen LogP contribution in [0.15, 0.2) is 24.3 Å². The fourth-order valence-corrected chi connectivity index (χ4v) is 1.67. The van der Waals surface area contributed by atoms with Crippen LogP contribution in [0.5, 0.6) is 5.75 Å². The van der Waals surface area contributed by atoms with E-state index in [9.17, 15) is 0 Å². The number of hydrogen-bond acceptors (Lipinski definition) is 2. The second-order valence-electron chi connectivity index (χ2n) is 2.50. The van der Waals surface area contributed by atoms with Crippen LogP contribution in [0.3, 0.4) is 0 Å². The van der Waals surface area contributed by atoms with Crippen LogP contribution in [0, 0.1) is 0 Å². The van der Waals surface area contributed by atoms with E-state index in [0.29, 0.717) is 0 Å². The Kier molecular flexibility index (Phi) is 1.67. The minimum atomic E-state index is 0.160. The van der Waals surface area contributed by atoms with E-state index >= 15 is 0 Å². The van der Waals surface area contributed by atoms with E-state index < -0.39 is 0 Å². The SMILES string of the molecule is C[C@H]1Oc2ccccc2N1I. The van der Waals surface area contributed by atoms with E-state index in [1.165, 1.54) is 5.69 Å². The van der Waals surface area contributed by atoms with E-state index in [-0.39, 0.29) is 6.23 Å². The summed E-state index contributed by atoms with van der Waals surface area (Å²) in [5.41, 5.74) is 1.17. The van der Waals surface area contributed by atoms with Crippen LogP contribution in [0.1, 0.15) is 6.92 Å². The normalized spacial score (nSPS) is 21.3. The largest absolute Gasteiger partial charge is 0.468 e. The Hall–Kier alpha value is -0.450. The highest BCUT2D eigenvalue weighted by Crippen LogP contribution is 2.38. The van der Waals surface area contributed by atoms with Gasteiger partial charge in [-0.15, -0.1) is 0 Å². The molecule has 0 fully saturated rings. The fourth-order valence-electron chi connectivity index (χ4n) is 1.16. The summed E-state index contributed by atoms with van der Waals surface area (Å²) in [7, 11) is 0. The molecule has 2 nitrogen and oxygen atoms in total. The molecule has 1 aromatic rings. The molecule has 1 atom stereocenters. The summed E-state index contributed by atoms with van der Waals surface area (Å²) >= 11 is 2.26. The van der Waals surface area contributed by atoms with E-state index in [1.807, 2.05) is 25.1 Å². The van der Waals surface area contributed by atoms with Crippen molar-refractivity contribution in [1.82, 2.24) is 0 Å². The maximum atomic E-state index is 5.54. The highest BCUT2D eigenvalue weighted by molar-refractivity contribution is 14.1. The molecule has 0 unspecified atom stereocenters. The van der Waals surface area contributed by atoms with E-state index in [4.69, 9.17) is 4.74 Å². The first-order valence-corrected chi connectivity index (χ1v) is 4.46. The standard InChI is InChI=1S/C8H8INO/c1-6-10(9)7-4-2-3-5-8(7)11-6/h2-6H,1H3/t6-/m1/s1. The summed E-state index contributed by atoms with van der Waals surface area (Å²) in [6.07, 6.45) is 0.160. The molecule has 58 valence electrons. The summed E-state index contributed by atoms with van der Waals surface area (Å²) < 4.78 is 7.63. The molecule has 0 saturated heterocycles. The van der Waals surface area contributed by atoms with Crippen LogP contribution >= 0.6 is 22.9 Å². The van der Waals surface area contributed by atoms with Crippen molar-refractivity contribution in [2.75, 3.05) is 3.11 Å². The van der Waals surface area contributed by atoms with Gasteiger partial charge in [-0.1, -0.05) is 12.1 Å². The number of halogens is 1. The topological polar surface area (TPSA) is 12.5 Å². The van der Waals surface area contributed by atoms with E-state index in [1.54, 1.807) is 0 Å². The summed E-state index contributed by atoms with van der Waals surface area (Å²) in [6, 6.07) is 8.06. The molecular formula is C8H8INO. The maximum absolute atomic E-state index is 5.54. The molecule has 0 saturated carbocycles. The molecule has 3 heteroatoms. The molecule has 1 aromatic carbocycles. The molecule has 0 spiro atoms. The Morgan fingerprint density at radius 2 is 2.18 bits per heavy atom. The number of fused-ring (bicyclic) bond motifs is 1. The van der Waals surface area contributed by atoms with Crippen LogP contribution in [0.25, 0.3) is 0 Å². The average molecular weight is 261 g/mol. The van der Waals surface area contributed by atoms with Gasteiger partial charge >= 0.3 is 0 Å². The van der Waals surface area contributed by atoms with Gasteiger partial charge in [0.15, 0.2) is 6.23 Å². The van der Waals surface area contributed by atoms with Gasteiger partial charge < -0.3 is 4.74 Å². The second kappa shape index (κ2) is 2.55. The summed E-state index contributed by atoms with van der Waals surface area (Å²) in [5.74, 6) is 0.981. The van der Waals surface area contributed by atoms with Crippen molar-refractivity contribution in [3.63, 3.8) is 0 Å². The van der Waals surface area contributed by atoms with Crippen molar-refractivity contribution in [1.29, 1.82) is 0 Å². The van der Waals surface area contributed by atoms with Gasteiger partial charge in [0.2, 0.25) is 0 Å². The first-order chi connectivity index (χ1) is 5.29. The summed E-state index contributed by atoms with van der Waals surface area (Å²) in [6.45, 7) is 2.03. The van der Waals surface area contributed by atoms with Crippen molar-refractivity contribution in [2.24, 2.45) is 0 Å². The second-order valence-corrected chi connectivity index (χ2v) is 3.54. The Morgan fingerprint density at radius 3 is 2.91 bits per heavy atom. The van der Waals surface area contributed by atoms with Gasteiger partial charge in [-0.25, -0.2) is 0 Å². The highest BCUT2D eigenvalue weighted by Gasteiger charge is 2.24. The van der Waals surface area contributed by atoms with Gasteiger partial charge in [-0.2, -0.15) is 0 Å². The van der Waals surface area contributed by atoms with E-state index in [2.05, 4.69) is 32.0 Å². The van der Waals surface area contributed by atoms with Crippen molar-refractivity contribution in [2.45, 2.75) is 13.2 Å². The number of ether oxygens (including phenoxy) is 1. The van der Waals surface area contributed by atoms with E-state index in [0.717, 1.165) is 5.75 Å². The molecule has 2 rings (SSSR count). The molecule has 0 bridgehead atoms. The lowest BCUT2D eigenvalue weighted by atomic mass is 10.3. The van der Waals surface area contributed by atoms with Crippen molar-refractivity contribution in [3.05, 3.63) is 24.3 Å². The number of nitrogens with zero attached hydrogens (tertiary/aromatic N) is 1. The maximum Gasteiger partial charge on any atom is 0.178 e. The number of anilines is 1. The number of para-hydroxylation sites is 2. The van der Waals surface area contributed by atoms with Crippen molar-refractivity contribution in [3.8, 4) is 5.75 Å². The smallest absolute Gasteiger partial charge is 0.178 e. The Labute approximate surface area is 79.6 Å². The minimum Gasteiger partial charge on any atom is -0.468 e. The molecule has 1 heterocycles. The Morgan fingerprint density at radius 1 is 1.45 bits per heavy atom. The van der Waals surface area contributed by atoms with Gasteiger partial charge in [-0.05, 0) is 19.1 Å². The summed E-state index contributed by atoms with van der Waals surface area (Å²) in [5, 5.41) is 0. The molecule has 0 N–H and O–H groups in total. The average Bonchev–Trinajstić information content (AvgIpc) is 2.30. The molecule has 0 aromatic heterocycles. The zero-order valence-electron chi connectivity index (χ0n) is 6.12. The highest BCUT2D eigenvalue weighted by atomic mass is 127. The third kappa shape index (κ3) is 1.07. The van der Waals surface area contributed by atoms with Crippen molar-refractivity contribution < 1.29 is 4.74 Å². The van der Waals surface area contributed by atoms with Crippen LogP contribution < -0.4 is 7.85 Å².